The van der Waals surface area contributed by atoms with Crippen LogP contribution in [0.25, 0.3) is 0 Å². The average Bonchev–Trinajstić information content (AvgIpc) is 2.49. The summed E-state index contributed by atoms with van der Waals surface area (Å²) in [6.45, 7) is 1.88. The quantitative estimate of drug-likeness (QED) is 0.793. The fourth-order valence-electron chi connectivity index (χ4n) is 2.41. The molecule has 1 fully saturated rings. The molecule has 0 saturated carbocycles. The first-order valence-electron chi connectivity index (χ1n) is 6.43. The van der Waals surface area contributed by atoms with Crippen LogP contribution in [0.4, 0.5) is 5.69 Å². The van der Waals surface area contributed by atoms with Crippen molar-refractivity contribution < 1.29 is 4.74 Å². The zero-order valence-corrected chi connectivity index (χ0v) is 10.3. The van der Waals surface area contributed by atoms with E-state index in [-0.39, 0.29) is 6.23 Å². The van der Waals surface area contributed by atoms with Crippen molar-refractivity contribution in [2.24, 2.45) is 0 Å². The summed E-state index contributed by atoms with van der Waals surface area (Å²) in [5, 5.41) is 0. The van der Waals surface area contributed by atoms with Gasteiger partial charge in [0.1, 0.15) is 0 Å². The topological polar surface area (TPSA) is 12.5 Å². The molecule has 1 aliphatic rings. The summed E-state index contributed by atoms with van der Waals surface area (Å²) in [7, 11) is 0. The van der Waals surface area contributed by atoms with Crippen molar-refractivity contribution in [1.29, 1.82) is 0 Å². The highest BCUT2D eigenvalue weighted by atomic mass is 16.5. The number of ether oxygens (including phenoxy) is 1. The van der Waals surface area contributed by atoms with Crippen LogP contribution >= 0.6 is 0 Å². The standard InChI is InChI=1S/C16H17NO/c1-3-8-14(9-4-1)16-17(12-7-13-18-16)15-10-5-2-6-11-15/h1-6,8-11,16H,7,12-13H2. The Bertz CT molecular complexity index is 435. The van der Waals surface area contributed by atoms with Gasteiger partial charge < -0.3 is 9.64 Å². The van der Waals surface area contributed by atoms with E-state index in [1.807, 2.05) is 12.1 Å². The van der Waals surface area contributed by atoms with Gasteiger partial charge in [-0.3, -0.25) is 0 Å². The second-order valence-electron chi connectivity index (χ2n) is 4.52. The molecule has 18 heavy (non-hydrogen) atoms. The van der Waals surface area contributed by atoms with E-state index in [1.165, 1.54) is 11.3 Å². The summed E-state index contributed by atoms with van der Waals surface area (Å²) in [4.78, 5) is 2.33. The molecule has 0 bridgehead atoms. The van der Waals surface area contributed by atoms with E-state index < -0.39 is 0 Å². The van der Waals surface area contributed by atoms with Crippen LogP contribution in [-0.2, 0) is 4.74 Å². The lowest BCUT2D eigenvalue weighted by Gasteiger charge is -2.37. The van der Waals surface area contributed by atoms with Crippen LogP contribution in [0, 0.1) is 0 Å². The van der Waals surface area contributed by atoms with Gasteiger partial charge in [0, 0.05) is 17.8 Å². The third-order valence-electron chi connectivity index (χ3n) is 3.27. The summed E-state index contributed by atoms with van der Waals surface area (Å²) in [6, 6.07) is 20.9. The Labute approximate surface area is 108 Å². The predicted octanol–water partition coefficient (Wildman–Crippen LogP) is 3.61. The lowest BCUT2D eigenvalue weighted by molar-refractivity contribution is 0.0248. The number of anilines is 1. The van der Waals surface area contributed by atoms with Crippen molar-refractivity contribution in [3.05, 3.63) is 66.2 Å². The van der Waals surface area contributed by atoms with Gasteiger partial charge in [0.05, 0.1) is 6.61 Å². The number of hydrogen-bond donors (Lipinski definition) is 0. The number of nitrogens with zero attached hydrogens (tertiary/aromatic N) is 1. The summed E-state index contributed by atoms with van der Waals surface area (Å²) in [5.74, 6) is 0. The van der Waals surface area contributed by atoms with E-state index >= 15 is 0 Å². The monoisotopic (exact) mass is 239 g/mol. The highest BCUT2D eigenvalue weighted by Crippen LogP contribution is 2.30. The first kappa shape index (κ1) is 11.3. The van der Waals surface area contributed by atoms with E-state index in [9.17, 15) is 0 Å². The van der Waals surface area contributed by atoms with Gasteiger partial charge in [-0.15, -0.1) is 0 Å². The highest BCUT2D eigenvalue weighted by molar-refractivity contribution is 5.48. The Hall–Kier alpha value is -1.80. The Kier molecular flexibility index (Phi) is 3.29. The Morgan fingerprint density at radius 3 is 2.28 bits per heavy atom. The molecule has 0 radical (unpaired) electrons. The Morgan fingerprint density at radius 2 is 1.56 bits per heavy atom. The van der Waals surface area contributed by atoms with E-state index in [4.69, 9.17) is 4.74 Å². The molecule has 2 nitrogen and oxygen atoms in total. The summed E-state index contributed by atoms with van der Waals surface area (Å²) < 4.78 is 5.96. The molecule has 3 rings (SSSR count). The van der Waals surface area contributed by atoms with Crippen molar-refractivity contribution in [3.8, 4) is 0 Å². The van der Waals surface area contributed by atoms with Crippen LogP contribution in [0.5, 0.6) is 0 Å². The third kappa shape index (κ3) is 2.24. The molecular formula is C16H17NO. The molecule has 1 heterocycles. The predicted molar refractivity (Wildman–Crippen MR) is 73.5 cm³/mol. The second kappa shape index (κ2) is 5.23. The van der Waals surface area contributed by atoms with Crippen LogP contribution in [0.15, 0.2) is 60.7 Å². The van der Waals surface area contributed by atoms with Gasteiger partial charge in [0.25, 0.3) is 0 Å². The maximum absolute atomic E-state index is 5.96. The van der Waals surface area contributed by atoms with Crippen LogP contribution in [-0.4, -0.2) is 13.2 Å². The molecule has 0 aliphatic carbocycles. The molecule has 1 atom stereocenters. The molecule has 0 aromatic heterocycles. The molecule has 1 unspecified atom stereocenters. The molecule has 2 aromatic carbocycles. The molecule has 2 heteroatoms. The first-order chi connectivity index (χ1) is 8.95. The van der Waals surface area contributed by atoms with Crippen LogP contribution in [0.3, 0.4) is 0 Å². The number of rotatable bonds is 2. The minimum Gasteiger partial charge on any atom is -0.354 e. The van der Waals surface area contributed by atoms with Crippen LogP contribution in [0.1, 0.15) is 18.2 Å². The number of hydrogen-bond acceptors (Lipinski definition) is 2. The molecule has 92 valence electrons. The maximum atomic E-state index is 5.96. The molecular weight excluding hydrogens is 222 g/mol. The zero-order valence-electron chi connectivity index (χ0n) is 10.3. The normalized spacial score (nSPS) is 19.8. The van der Waals surface area contributed by atoms with Gasteiger partial charge >= 0.3 is 0 Å². The van der Waals surface area contributed by atoms with Crippen molar-refractivity contribution >= 4 is 5.69 Å². The molecule has 0 amide bonds. The van der Waals surface area contributed by atoms with Crippen molar-refractivity contribution in [2.75, 3.05) is 18.1 Å². The number of para-hydroxylation sites is 1. The van der Waals surface area contributed by atoms with E-state index in [1.54, 1.807) is 0 Å². The lowest BCUT2D eigenvalue weighted by atomic mass is 10.1. The van der Waals surface area contributed by atoms with Crippen molar-refractivity contribution in [1.82, 2.24) is 0 Å². The summed E-state index contributed by atoms with van der Waals surface area (Å²) in [5.41, 5.74) is 2.45. The molecule has 1 aliphatic heterocycles. The highest BCUT2D eigenvalue weighted by Gasteiger charge is 2.24. The van der Waals surface area contributed by atoms with Crippen molar-refractivity contribution in [3.63, 3.8) is 0 Å². The van der Waals surface area contributed by atoms with Gasteiger partial charge in [-0.05, 0) is 18.6 Å². The third-order valence-corrected chi connectivity index (χ3v) is 3.27. The molecule has 0 spiro atoms. The fraction of sp³-hybridized carbons (Fsp3) is 0.250. The smallest absolute Gasteiger partial charge is 0.156 e. The van der Waals surface area contributed by atoms with Gasteiger partial charge in [0.2, 0.25) is 0 Å². The summed E-state index contributed by atoms with van der Waals surface area (Å²) >= 11 is 0. The van der Waals surface area contributed by atoms with E-state index in [2.05, 4.69) is 53.4 Å². The number of benzene rings is 2. The van der Waals surface area contributed by atoms with Crippen LogP contribution in [0.2, 0.25) is 0 Å². The minimum atomic E-state index is 0.0438. The van der Waals surface area contributed by atoms with Gasteiger partial charge in [-0.25, -0.2) is 0 Å². The van der Waals surface area contributed by atoms with Crippen molar-refractivity contribution in [2.45, 2.75) is 12.6 Å². The first-order valence-corrected chi connectivity index (χ1v) is 6.43. The Morgan fingerprint density at radius 1 is 0.889 bits per heavy atom. The molecule has 2 aromatic rings. The maximum Gasteiger partial charge on any atom is 0.156 e. The van der Waals surface area contributed by atoms with E-state index in [0.717, 1.165) is 19.6 Å². The molecule has 0 N–H and O–H groups in total. The van der Waals surface area contributed by atoms with Gasteiger partial charge in [0.15, 0.2) is 6.23 Å². The minimum absolute atomic E-state index is 0.0438. The largest absolute Gasteiger partial charge is 0.354 e. The second-order valence-corrected chi connectivity index (χ2v) is 4.52. The zero-order chi connectivity index (χ0) is 12.2. The fourth-order valence-corrected chi connectivity index (χ4v) is 2.41. The summed E-state index contributed by atoms with van der Waals surface area (Å²) in [6.07, 6.45) is 1.13. The van der Waals surface area contributed by atoms with Gasteiger partial charge in [-0.2, -0.15) is 0 Å². The molecule has 1 saturated heterocycles. The average molecular weight is 239 g/mol. The Balaban J connectivity index is 1.92. The lowest BCUT2D eigenvalue weighted by Crippen LogP contribution is -2.36. The SMILES string of the molecule is c1ccc(C2OCCCN2c2ccccc2)cc1. The van der Waals surface area contributed by atoms with Gasteiger partial charge in [-0.1, -0.05) is 48.5 Å². The van der Waals surface area contributed by atoms with Crippen LogP contribution < -0.4 is 4.90 Å². The van der Waals surface area contributed by atoms with E-state index in [0.29, 0.717) is 0 Å².